The van der Waals surface area contributed by atoms with Gasteiger partial charge >= 0.3 is 0 Å². The molecule has 0 bridgehead atoms. The minimum Gasteiger partial charge on any atom is -0.361 e. The Morgan fingerprint density at radius 2 is 2.19 bits per heavy atom. The molecule has 1 aromatic carbocycles. The zero-order valence-corrected chi connectivity index (χ0v) is 9.83. The van der Waals surface area contributed by atoms with Crippen molar-refractivity contribution < 1.29 is 0 Å². The lowest BCUT2D eigenvalue weighted by Crippen LogP contribution is -2.39. The van der Waals surface area contributed by atoms with E-state index in [-0.39, 0.29) is 0 Å². The zero-order valence-electron chi connectivity index (χ0n) is 9.02. The highest BCUT2D eigenvalue weighted by atomic mass is 32.1. The van der Waals surface area contributed by atoms with Gasteiger partial charge in [0.2, 0.25) is 0 Å². The van der Waals surface area contributed by atoms with E-state index in [1.807, 2.05) is 6.07 Å². The van der Waals surface area contributed by atoms with Crippen molar-refractivity contribution >= 4 is 26.7 Å². The van der Waals surface area contributed by atoms with Gasteiger partial charge in [-0.25, -0.2) is 4.98 Å². The lowest BCUT2D eigenvalue weighted by Gasteiger charge is -2.32. The fraction of sp³-hybridized carbons (Fsp3) is 0.417. The molecule has 84 valence electrons. The van der Waals surface area contributed by atoms with E-state index in [2.05, 4.69) is 28.5 Å². The Balaban J connectivity index is 1.65. The van der Waals surface area contributed by atoms with Gasteiger partial charge in [-0.1, -0.05) is 23.5 Å². The van der Waals surface area contributed by atoms with E-state index in [0.29, 0.717) is 6.04 Å². The van der Waals surface area contributed by atoms with Crippen LogP contribution in [-0.4, -0.2) is 17.6 Å². The molecule has 1 fully saturated rings. The third-order valence-corrected chi connectivity index (χ3v) is 4.10. The Labute approximate surface area is 98.7 Å². The molecule has 1 aliphatic rings. The molecule has 0 spiro atoms. The number of hydrogen-bond donors (Lipinski definition) is 2. The molecule has 3 N–H and O–H groups in total. The van der Waals surface area contributed by atoms with Crippen LogP contribution in [0.1, 0.15) is 12.8 Å². The van der Waals surface area contributed by atoms with Gasteiger partial charge in [0.25, 0.3) is 0 Å². The number of rotatable bonds is 3. The van der Waals surface area contributed by atoms with E-state index in [1.165, 1.54) is 4.70 Å². The van der Waals surface area contributed by atoms with Gasteiger partial charge in [0.05, 0.1) is 10.2 Å². The molecule has 1 aliphatic carbocycles. The van der Waals surface area contributed by atoms with Crippen molar-refractivity contribution in [2.45, 2.75) is 18.9 Å². The fourth-order valence-corrected chi connectivity index (χ4v) is 3.01. The van der Waals surface area contributed by atoms with Crippen molar-refractivity contribution in [3.63, 3.8) is 0 Å². The Bertz CT molecular complexity index is 455. The third-order valence-electron chi connectivity index (χ3n) is 3.11. The highest BCUT2D eigenvalue weighted by Gasteiger charge is 2.25. The number of thiazole rings is 1. The Hall–Kier alpha value is -1.13. The predicted octanol–water partition coefficient (Wildman–Crippen LogP) is 2.45. The molecule has 0 radical (unpaired) electrons. The van der Waals surface area contributed by atoms with Gasteiger partial charge in [-0.05, 0) is 30.9 Å². The Morgan fingerprint density at radius 1 is 1.38 bits per heavy atom. The number of nitrogens with one attached hydrogen (secondary N) is 1. The summed E-state index contributed by atoms with van der Waals surface area (Å²) < 4.78 is 1.25. The van der Waals surface area contributed by atoms with Crippen molar-refractivity contribution in [3.8, 4) is 0 Å². The first-order chi connectivity index (χ1) is 7.81. The first-order valence-corrected chi connectivity index (χ1v) is 6.48. The summed E-state index contributed by atoms with van der Waals surface area (Å²) >= 11 is 1.72. The number of benzene rings is 1. The van der Waals surface area contributed by atoms with Gasteiger partial charge in [-0.2, -0.15) is 0 Å². The molecule has 3 nitrogen and oxygen atoms in total. The topological polar surface area (TPSA) is 50.9 Å². The van der Waals surface area contributed by atoms with E-state index in [9.17, 15) is 0 Å². The summed E-state index contributed by atoms with van der Waals surface area (Å²) in [5.74, 6) is 0.738. The predicted molar refractivity (Wildman–Crippen MR) is 68.8 cm³/mol. The lowest BCUT2D eigenvalue weighted by molar-refractivity contribution is 0.280. The molecule has 0 amide bonds. The van der Waals surface area contributed by atoms with E-state index in [4.69, 9.17) is 5.73 Å². The van der Waals surface area contributed by atoms with Crippen molar-refractivity contribution in [2.75, 3.05) is 11.9 Å². The molecule has 1 aromatic heterocycles. The third kappa shape index (κ3) is 1.90. The maximum atomic E-state index is 5.76. The highest BCUT2D eigenvalue weighted by Crippen LogP contribution is 2.28. The zero-order chi connectivity index (χ0) is 11.0. The van der Waals surface area contributed by atoms with E-state index < -0.39 is 0 Å². The van der Waals surface area contributed by atoms with Crippen LogP contribution in [0.3, 0.4) is 0 Å². The first-order valence-electron chi connectivity index (χ1n) is 5.66. The van der Waals surface area contributed by atoms with Gasteiger partial charge in [-0.3, -0.25) is 0 Å². The number of para-hydroxylation sites is 1. The SMILES string of the molecule is NC1CC(CNc2nc3ccccc3s2)C1. The van der Waals surface area contributed by atoms with Gasteiger partial charge in [0.1, 0.15) is 0 Å². The van der Waals surface area contributed by atoms with E-state index >= 15 is 0 Å². The maximum absolute atomic E-state index is 5.76. The van der Waals surface area contributed by atoms with Crippen molar-refractivity contribution in [1.29, 1.82) is 0 Å². The van der Waals surface area contributed by atoms with Crippen LogP contribution < -0.4 is 11.1 Å². The van der Waals surface area contributed by atoms with Crippen LogP contribution >= 0.6 is 11.3 Å². The Kier molecular flexibility index (Phi) is 2.53. The maximum Gasteiger partial charge on any atom is 0.183 e. The number of fused-ring (bicyclic) bond motifs is 1. The van der Waals surface area contributed by atoms with Crippen LogP contribution in [0, 0.1) is 5.92 Å². The Morgan fingerprint density at radius 3 is 2.94 bits per heavy atom. The number of nitrogens with zero attached hydrogens (tertiary/aromatic N) is 1. The summed E-state index contributed by atoms with van der Waals surface area (Å²) in [4.78, 5) is 4.54. The average molecular weight is 233 g/mol. The van der Waals surface area contributed by atoms with Crippen LogP contribution in [0.4, 0.5) is 5.13 Å². The quantitative estimate of drug-likeness (QED) is 0.856. The number of aromatic nitrogens is 1. The molecule has 0 unspecified atom stereocenters. The molecule has 0 aliphatic heterocycles. The fourth-order valence-electron chi connectivity index (χ4n) is 2.13. The number of nitrogens with two attached hydrogens (primary N) is 1. The monoisotopic (exact) mass is 233 g/mol. The minimum absolute atomic E-state index is 0.433. The van der Waals surface area contributed by atoms with Crippen molar-refractivity contribution in [1.82, 2.24) is 4.98 Å². The summed E-state index contributed by atoms with van der Waals surface area (Å²) in [6.45, 7) is 1.01. The second-order valence-electron chi connectivity index (χ2n) is 4.47. The average Bonchev–Trinajstić information content (AvgIpc) is 2.65. The van der Waals surface area contributed by atoms with Crippen LogP contribution in [0.25, 0.3) is 10.2 Å². The van der Waals surface area contributed by atoms with Crippen LogP contribution in [-0.2, 0) is 0 Å². The smallest absolute Gasteiger partial charge is 0.183 e. The van der Waals surface area contributed by atoms with Gasteiger partial charge in [-0.15, -0.1) is 0 Å². The van der Waals surface area contributed by atoms with E-state index in [0.717, 1.165) is 36.0 Å². The standard InChI is InChI=1S/C12H15N3S/c13-9-5-8(6-9)7-14-12-15-10-3-1-2-4-11(10)16-12/h1-4,8-9H,5-7,13H2,(H,14,15). The second-order valence-corrected chi connectivity index (χ2v) is 5.50. The molecular weight excluding hydrogens is 218 g/mol. The van der Waals surface area contributed by atoms with Crippen molar-refractivity contribution in [3.05, 3.63) is 24.3 Å². The molecule has 1 heterocycles. The first kappa shape index (κ1) is 10.1. The molecule has 16 heavy (non-hydrogen) atoms. The molecule has 1 saturated carbocycles. The summed E-state index contributed by atoms with van der Waals surface area (Å²) in [5.41, 5.74) is 6.84. The highest BCUT2D eigenvalue weighted by molar-refractivity contribution is 7.22. The normalized spacial score (nSPS) is 24.3. The summed E-state index contributed by atoms with van der Waals surface area (Å²) in [7, 11) is 0. The van der Waals surface area contributed by atoms with Gasteiger partial charge in [0, 0.05) is 12.6 Å². The molecule has 4 heteroatoms. The van der Waals surface area contributed by atoms with E-state index in [1.54, 1.807) is 11.3 Å². The minimum atomic E-state index is 0.433. The summed E-state index contributed by atoms with van der Waals surface area (Å²) in [6.07, 6.45) is 2.30. The molecule has 3 rings (SSSR count). The molecular formula is C12H15N3S. The molecule has 2 aromatic rings. The molecule has 0 atom stereocenters. The largest absolute Gasteiger partial charge is 0.361 e. The van der Waals surface area contributed by atoms with Crippen LogP contribution in [0.15, 0.2) is 24.3 Å². The lowest BCUT2D eigenvalue weighted by atomic mass is 9.81. The van der Waals surface area contributed by atoms with Gasteiger partial charge in [0.15, 0.2) is 5.13 Å². The number of hydrogen-bond acceptors (Lipinski definition) is 4. The number of anilines is 1. The van der Waals surface area contributed by atoms with Crippen molar-refractivity contribution in [2.24, 2.45) is 11.7 Å². The summed E-state index contributed by atoms with van der Waals surface area (Å²) in [5, 5.41) is 4.44. The van der Waals surface area contributed by atoms with Gasteiger partial charge < -0.3 is 11.1 Å². The summed E-state index contributed by atoms with van der Waals surface area (Å²) in [6, 6.07) is 8.67. The van der Waals surface area contributed by atoms with Crippen LogP contribution in [0.2, 0.25) is 0 Å². The molecule has 0 saturated heterocycles. The second kappa shape index (κ2) is 4.03. The van der Waals surface area contributed by atoms with Crippen LogP contribution in [0.5, 0.6) is 0 Å².